The number of nitrogens with one attached hydrogen (secondary N) is 2. The summed E-state index contributed by atoms with van der Waals surface area (Å²) >= 11 is 3.38. The summed E-state index contributed by atoms with van der Waals surface area (Å²) < 4.78 is 0.935. The third-order valence-corrected chi connectivity index (χ3v) is 4.31. The lowest BCUT2D eigenvalue weighted by molar-refractivity contribution is -0.115. The van der Waals surface area contributed by atoms with E-state index in [1.165, 1.54) is 12.4 Å². The van der Waals surface area contributed by atoms with Crippen molar-refractivity contribution in [1.82, 2.24) is 15.3 Å². The lowest BCUT2D eigenvalue weighted by atomic mass is 10.2. The molecule has 0 saturated carbocycles. The Kier molecular flexibility index (Phi) is 5.93. The number of carbonyl (C=O) groups is 2. The highest BCUT2D eigenvalue weighted by Crippen LogP contribution is 2.19. The first kappa shape index (κ1) is 18.7. The SMILES string of the molecule is Cc1cc(Br)ccc1NC(=O)CNC(=O)c1cnc(-c2ccccc2)nc1. The third-order valence-electron chi connectivity index (χ3n) is 3.82. The van der Waals surface area contributed by atoms with E-state index in [0.29, 0.717) is 17.1 Å². The molecule has 1 heterocycles. The number of aryl methyl sites for hydroxylation is 1. The zero-order valence-electron chi connectivity index (χ0n) is 14.6. The smallest absolute Gasteiger partial charge is 0.254 e. The highest BCUT2D eigenvalue weighted by Gasteiger charge is 2.11. The van der Waals surface area contributed by atoms with Gasteiger partial charge in [0.2, 0.25) is 5.91 Å². The molecule has 0 unspecified atom stereocenters. The summed E-state index contributed by atoms with van der Waals surface area (Å²) in [5, 5.41) is 5.34. The van der Waals surface area contributed by atoms with Crippen molar-refractivity contribution in [2.75, 3.05) is 11.9 Å². The van der Waals surface area contributed by atoms with Gasteiger partial charge in [-0.15, -0.1) is 0 Å². The molecule has 0 radical (unpaired) electrons. The molecular weight excluding hydrogens is 408 g/mol. The highest BCUT2D eigenvalue weighted by molar-refractivity contribution is 9.10. The number of hydrogen-bond donors (Lipinski definition) is 2. The predicted octanol–water partition coefficient (Wildman–Crippen LogP) is 3.58. The van der Waals surface area contributed by atoms with Crippen molar-refractivity contribution in [2.45, 2.75) is 6.92 Å². The van der Waals surface area contributed by atoms with Crippen molar-refractivity contribution in [3.63, 3.8) is 0 Å². The number of carbonyl (C=O) groups excluding carboxylic acids is 2. The van der Waals surface area contributed by atoms with Crippen LogP contribution in [0.15, 0.2) is 65.4 Å². The van der Waals surface area contributed by atoms with Gasteiger partial charge in [0.25, 0.3) is 5.91 Å². The molecular formula is C20H17BrN4O2. The molecule has 0 atom stereocenters. The summed E-state index contributed by atoms with van der Waals surface area (Å²) in [6.45, 7) is 1.75. The molecule has 3 aromatic rings. The van der Waals surface area contributed by atoms with Crippen molar-refractivity contribution in [1.29, 1.82) is 0 Å². The second-order valence-corrected chi connectivity index (χ2v) is 6.77. The van der Waals surface area contributed by atoms with Gasteiger partial charge in [0.15, 0.2) is 5.82 Å². The molecule has 2 amide bonds. The summed E-state index contributed by atoms with van der Waals surface area (Å²) in [7, 11) is 0. The van der Waals surface area contributed by atoms with Crippen LogP contribution < -0.4 is 10.6 Å². The van der Waals surface area contributed by atoms with Crippen molar-refractivity contribution < 1.29 is 9.59 Å². The summed E-state index contributed by atoms with van der Waals surface area (Å²) in [6, 6.07) is 15.0. The van der Waals surface area contributed by atoms with Crippen LogP contribution in [0.3, 0.4) is 0 Å². The van der Waals surface area contributed by atoms with Crippen LogP contribution in [-0.2, 0) is 4.79 Å². The van der Waals surface area contributed by atoms with Crippen molar-refractivity contribution in [3.05, 3.63) is 76.5 Å². The van der Waals surface area contributed by atoms with Gasteiger partial charge in [-0.1, -0.05) is 46.3 Å². The van der Waals surface area contributed by atoms with E-state index in [9.17, 15) is 9.59 Å². The van der Waals surface area contributed by atoms with Gasteiger partial charge in [-0.25, -0.2) is 9.97 Å². The lowest BCUT2D eigenvalue weighted by Crippen LogP contribution is -2.33. The first-order valence-corrected chi connectivity index (χ1v) is 9.04. The van der Waals surface area contributed by atoms with Gasteiger partial charge >= 0.3 is 0 Å². The van der Waals surface area contributed by atoms with E-state index in [4.69, 9.17) is 0 Å². The van der Waals surface area contributed by atoms with Gasteiger partial charge in [0.05, 0.1) is 12.1 Å². The fraction of sp³-hybridized carbons (Fsp3) is 0.100. The standard InChI is InChI=1S/C20H17BrN4O2/c1-13-9-16(21)7-8-17(13)25-18(26)12-24-20(27)15-10-22-19(23-11-15)14-5-3-2-4-6-14/h2-11H,12H2,1H3,(H,24,27)(H,25,26). The van der Waals surface area contributed by atoms with Crippen LogP contribution in [0.1, 0.15) is 15.9 Å². The van der Waals surface area contributed by atoms with Crippen molar-refractivity contribution >= 4 is 33.4 Å². The van der Waals surface area contributed by atoms with Crippen LogP contribution in [0.5, 0.6) is 0 Å². The Hall–Kier alpha value is -3.06. The normalized spacial score (nSPS) is 10.3. The summed E-state index contributed by atoms with van der Waals surface area (Å²) in [5.41, 5.74) is 2.79. The van der Waals surface area contributed by atoms with E-state index >= 15 is 0 Å². The Morgan fingerprint density at radius 2 is 1.74 bits per heavy atom. The molecule has 27 heavy (non-hydrogen) atoms. The van der Waals surface area contributed by atoms with Crippen LogP contribution in [0.2, 0.25) is 0 Å². The summed E-state index contributed by atoms with van der Waals surface area (Å²) in [6.07, 6.45) is 2.89. The summed E-state index contributed by atoms with van der Waals surface area (Å²) in [4.78, 5) is 32.7. The van der Waals surface area contributed by atoms with E-state index in [2.05, 4.69) is 36.5 Å². The monoisotopic (exact) mass is 424 g/mol. The predicted molar refractivity (Wildman–Crippen MR) is 107 cm³/mol. The molecule has 1 aromatic heterocycles. The largest absolute Gasteiger partial charge is 0.343 e. The van der Waals surface area contributed by atoms with E-state index in [1.54, 1.807) is 6.07 Å². The van der Waals surface area contributed by atoms with Crippen LogP contribution in [0, 0.1) is 6.92 Å². The van der Waals surface area contributed by atoms with Gasteiger partial charge in [-0.2, -0.15) is 0 Å². The van der Waals surface area contributed by atoms with E-state index in [-0.39, 0.29) is 12.5 Å². The maximum atomic E-state index is 12.2. The molecule has 0 bridgehead atoms. The first-order valence-electron chi connectivity index (χ1n) is 8.24. The van der Waals surface area contributed by atoms with E-state index < -0.39 is 5.91 Å². The number of hydrogen-bond acceptors (Lipinski definition) is 4. The lowest BCUT2D eigenvalue weighted by Gasteiger charge is -2.09. The molecule has 2 N–H and O–H groups in total. The Morgan fingerprint density at radius 1 is 1.04 bits per heavy atom. The third kappa shape index (κ3) is 4.98. The molecule has 6 nitrogen and oxygen atoms in total. The average molecular weight is 425 g/mol. The molecule has 0 fully saturated rings. The number of nitrogens with zero attached hydrogens (tertiary/aromatic N) is 2. The van der Waals surface area contributed by atoms with E-state index in [0.717, 1.165) is 15.6 Å². The van der Waals surface area contributed by atoms with Gasteiger partial charge in [0.1, 0.15) is 0 Å². The van der Waals surface area contributed by atoms with Crippen LogP contribution in [0.25, 0.3) is 11.4 Å². The van der Waals surface area contributed by atoms with Gasteiger partial charge in [-0.05, 0) is 30.7 Å². The maximum Gasteiger partial charge on any atom is 0.254 e. The van der Waals surface area contributed by atoms with Crippen molar-refractivity contribution in [3.8, 4) is 11.4 Å². The number of halogens is 1. The molecule has 136 valence electrons. The second-order valence-electron chi connectivity index (χ2n) is 5.85. The number of aromatic nitrogens is 2. The zero-order chi connectivity index (χ0) is 19.2. The summed E-state index contributed by atoms with van der Waals surface area (Å²) in [5.74, 6) is -0.177. The molecule has 0 aliphatic rings. The Labute approximate surface area is 165 Å². The molecule has 0 spiro atoms. The minimum Gasteiger partial charge on any atom is -0.343 e. The van der Waals surface area contributed by atoms with Crippen LogP contribution in [-0.4, -0.2) is 28.3 Å². The molecule has 0 saturated heterocycles. The minimum atomic E-state index is -0.405. The number of anilines is 1. The molecule has 7 heteroatoms. The first-order chi connectivity index (χ1) is 13.0. The van der Waals surface area contributed by atoms with Gasteiger partial charge in [-0.3, -0.25) is 9.59 Å². The molecule has 3 rings (SSSR count). The minimum absolute atomic E-state index is 0.144. The Balaban J connectivity index is 1.56. The van der Waals surface area contributed by atoms with Gasteiger partial charge < -0.3 is 10.6 Å². The number of amides is 2. The topological polar surface area (TPSA) is 84.0 Å². The fourth-order valence-electron chi connectivity index (χ4n) is 2.41. The fourth-order valence-corrected chi connectivity index (χ4v) is 2.88. The Bertz CT molecular complexity index is 959. The maximum absolute atomic E-state index is 12.2. The zero-order valence-corrected chi connectivity index (χ0v) is 16.2. The number of rotatable bonds is 5. The molecule has 0 aliphatic heterocycles. The molecule has 0 aliphatic carbocycles. The number of benzene rings is 2. The van der Waals surface area contributed by atoms with Crippen LogP contribution >= 0.6 is 15.9 Å². The van der Waals surface area contributed by atoms with Crippen molar-refractivity contribution in [2.24, 2.45) is 0 Å². The second kappa shape index (κ2) is 8.55. The van der Waals surface area contributed by atoms with Gasteiger partial charge in [0, 0.05) is 28.1 Å². The average Bonchev–Trinajstić information content (AvgIpc) is 2.69. The van der Waals surface area contributed by atoms with E-state index in [1.807, 2.05) is 49.4 Å². The Morgan fingerprint density at radius 3 is 2.41 bits per heavy atom. The van der Waals surface area contributed by atoms with Crippen LogP contribution in [0.4, 0.5) is 5.69 Å². The highest BCUT2D eigenvalue weighted by atomic mass is 79.9. The quantitative estimate of drug-likeness (QED) is 0.655. The molecule has 2 aromatic carbocycles.